The highest BCUT2D eigenvalue weighted by atomic mass is 35.5. The number of urea groups is 1. The fraction of sp³-hybridized carbons (Fsp3) is 0.286. The minimum absolute atomic E-state index is 0.0350. The first-order chi connectivity index (χ1) is 14.8. The van der Waals surface area contributed by atoms with Crippen molar-refractivity contribution in [1.82, 2.24) is 9.47 Å². The normalized spacial score (nSPS) is 18.5. The number of nitrogens with two attached hydrogens (primary N) is 2. The van der Waals surface area contributed by atoms with E-state index in [1.165, 1.54) is 27.0 Å². The van der Waals surface area contributed by atoms with E-state index in [0.717, 1.165) is 4.88 Å². The van der Waals surface area contributed by atoms with Gasteiger partial charge in [-0.05, 0) is 31.0 Å². The molecule has 1 fully saturated rings. The lowest BCUT2D eigenvalue weighted by Gasteiger charge is -2.23. The fourth-order valence-electron chi connectivity index (χ4n) is 3.95. The van der Waals surface area contributed by atoms with Crippen molar-refractivity contribution in [2.75, 3.05) is 11.9 Å². The van der Waals surface area contributed by atoms with E-state index >= 15 is 0 Å². The highest BCUT2D eigenvalue weighted by Crippen LogP contribution is 2.28. The Labute approximate surface area is 187 Å². The van der Waals surface area contributed by atoms with Crippen LogP contribution in [0.1, 0.15) is 17.7 Å². The number of thiophene rings is 1. The van der Waals surface area contributed by atoms with Gasteiger partial charge >= 0.3 is 12.1 Å². The number of hydrogen-bond donors (Lipinski definition) is 3. The second-order valence-corrected chi connectivity index (χ2v) is 9.33. The summed E-state index contributed by atoms with van der Waals surface area (Å²) in [7, 11) is 0. The van der Waals surface area contributed by atoms with Crippen LogP contribution in [0.3, 0.4) is 0 Å². The van der Waals surface area contributed by atoms with E-state index in [1.54, 1.807) is 30.3 Å². The molecule has 31 heavy (non-hydrogen) atoms. The molecule has 1 saturated heterocycles. The van der Waals surface area contributed by atoms with Crippen LogP contribution in [-0.4, -0.2) is 45.9 Å². The molecule has 4 rings (SSSR count). The molecule has 2 atom stereocenters. The third-order valence-corrected chi connectivity index (χ3v) is 6.69. The first-order valence-electron chi connectivity index (χ1n) is 9.83. The van der Waals surface area contributed by atoms with Gasteiger partial charge in [0.15, 0.2) is 5.78 Å². The fourth-order valence-corrected chi connectivity index (χ4v) is 5.03. The van der Waals surface area contributed by atoms with Gasteiger partial charge in [0, 0.05) is 35.5 Å². The van der Waals surface area contributed by atoms with Crippen LogP contribution in [0.2, 0.25) is 4.34 Å². The van der Waals surface area contributed by atoms with Crippen molar-refractivity contribution in [3.05, 3.63) is 51.8 Å². The maximum atomic E-state index is 13.0. The number of para-hydroxylation sites is 1. The summed E-state index contributed by atoms with van der Waals surface area (Å²) >= 11 is 7.39. The molecule has 3 heterocycles. The van der Waals surface area contributed by atoms with Gasteiger partial charge in [0.25, 0.3) is 0 Å². The van der Waals surface area contributed by atoms with Gasteiger partial charge in [0.1, 0.15) is 0 Å². The Balaban J connectivity index is 1.50. The number of rotatable bonds is 5. The number of anilines is 1. The number of primary amides is 1. The van der Waals surface area contributed by atoms with Gasteiger partial charge in [-0.25, -0.2) is 9.59 Å². The van der Waals surface area contributed by atoms with Crippen LogP contribution in [0, 0.1) is 0 Å². The third-order valence-electron chi connectivity index (χ3n) is 5.40. The highest BCUT2D eigenvalue weighted by molar-refractivity contribution is 7.16. The van der Waals surface area contributed by atoms with E-state index in [0.29, 0.717) is 40.2 Å². The number of nitrogens with one attached hydrogen (secondary N) is 1. The number of aromatic nitrogens is 1. The van der Waals surface area contributed by atoms with E-state index in [-0.39, 0.29) is 18.4 Å². The quantitative estimate of drug-likeness (QED) is 0.540. The summed E-state index contributed by atoms with van der Waals surface area (Å²) in [5.74, 6) is -0.0350. The Kier molecular flexibility index (Phi) is 5.99. The predicted molar refractivity (Wildman–Crippen MR) is 122 cm³/mol. The van der Waals surface area contributed by atoms with Crippen LogP contribution in [-0.2, 0) is 11.2 Å². The van der Waals surface area contributed by atoms with E-state index < -0.39 is 18.1 Å². The van der Waals surface area contributed by atoms with Crippen molar-refractivity contribution < 1.29 is 14.4 Å². The summed E-state index contributed by atoms with van der Waals surface area (Å²) in [6.07, 6.45) is 2.78. The van der Waals surface area contributed by atoms with Gasteiger partial charge in [-0.2, -0.15) is 0 Å². The van der Waals surface area contributed by atoms with Crippen LogP contribution in [0.5, 0.6) is 0 Å². The number of fused-ring (bicyclic) bond motifs is 1. The molecule has 0 bridgehead atoms. The molecule has 1 aromatic carbocycles. The molecule has 3 amide bonds. The van der Waals surface area contributed by atoms with Crippen molar-refractivity contribution in [2.24, 2.45) is 11.5 Å². The number of Topliss-reactive ketones (excluding diaryl/α,β-unsaturated/α-hetero) is 1. The molecule has 0 unspecified atom stereocenters. The van der Waals surface area contributed by atoms with E-state index in [4.69, 9.17) is 23.1 Å². The van der Waals surface area contributed by atoms with Gasteiger partial charge in [-0.3, -0.25) is 9.36 Å². The van der Waals surface area contributed by atoms with Crippen LogP contribution < -0.4 is 16.8 Å². The number of hydrogen-bond acceptors (Lipinski definition) is 5. The zero-order chi connectivity index (χ0) is 22.1. The molecule has 0 spiro atoms. The first-order valence-corrected chi connectivity index (χ1v) is 11.0. The van der Waals surface area contributed by atoms with E-state index in [1.807, 2.05) is 6.07 Å². The minimum atomic E-state index is -0.651. The summed E-state index contributed by atoms with van der Waals surface area (Å²) in [6.45, 7) is 0.279. The summed E-state index contributed by atoms with van der Waals surface area (Å²) in [5.41, 5.74) is 12.5. The molecule has 162 valence electrons. The second-order valence-electron chi connectivity index (χ2n) is 7.53. The zero-order valence-electron chi connectivity index (χ0n) is 16.6. The van der Waals surface area contributed by atoms with Crippen LogP contribution >= 0.6 is 22.9 Å². The number of aryl methyl sites for hydroxylation is 1. The number of nitrogens with zero attached hydrogens (tertiary/aromatic N) is 2. The summed E-state index contributed by atoms with van der Waals surface area (Å²) < 4.78 is 1.96. The van der Waals surface area contributed by atoms with Gasteiger partial charge in [0.2, 0.25) is 0 Å². The third kappa shape index (κ3) is 4.43. The Morgan fingerprint density at radius 2 is 1.97 bits per heavy atom. The first kappa shape index (κ1) is 21.4. The molecule has 8 nitrogen and oxygen atoms in total. The topological polar surface area (TPSA) is 123 Å². The standard InChI is InChI=1S/C21H22ClN5O3S/c22-19-8-6-13(31-19)5-7-18(28)17-9-12(23)10-27(17)21(30)25-15-11-26(20(24)29)16-4-2-1-3-14(15)16/h1-4,6,8,11-12,17H,5,7,9-10,23H2,(H2,24,29)(H,25,30)/t12-,17-/m0/s1. The van der Waals surface area contributed by atoms with Crippen LogP contribution in [0.25, 0.3) is 10.9 Å². The molecule has 2 aromatic heterocycles. The predicted octanol–water partition coefficient (Wildman–Crippen LogP) is 3.42. The van der Waals surface area contributed by atoms with Crippen molar-refractivity contribution in [3.8, 4) is 0 Å². The molecule has 1 aliphatic heterocycles. The molecule has 10 heteroatoms. The molecule has 0 saturated carbocycles. The van der Waals surface area contributed by atoms with Crippen molar-refractivity contribution in [2.45, 2.75) is 31.3 Å². The van der Waals surface area contributed by atoms with Gasteiger partial charge < -0.3 is 21.7 Å². The summed E-state index contributed by atoms with van der Waals surface area (Å²) in [4.78, 5) is 40.2. The summed E-state index contributed by atoms with van der Waals surface area (Å²) in [5, 5.41) is 3.50. The maximum absolute atomic E-state index is 13.0. The molecule has 5 N–H and O–H groups in total. The second kappa shape index (κ2) is 8.70. The molecular weight excluding hydrogens is 438 g/mol. The Morgan fingerprint density at radius 3 is 2.68 bits per heavy atom. The highest BCUT2D eigenvalue weighted by Gasteiger charge is 2.38. The number of ketones is 1. The number of halogens is 1. The minimum Gasteiger partial charge on any atom is -0.351 e. The van der Waals surface area contributed by atoms with Gasteiger partial charge in [-0.15, -0.1) is 11.3 Å². The average molecular weight is 460 g/mol. The average Bonchev–Trinajstić information content (AvgIpc) is 3.43. The van der Waals surface area contributed by atoms with Crippen molar-refractivity contribution in [3.63, 3.8) is 0 Å². The number of benzene rings is 1. The lowest BCUT2D eigenvalue weighted by molar-refractivity contribution is -0.122. The lowest BCUT2D eigenvalue weighted by Crippen LogP contribution is -2.43. The van der Waals surface area contributed by atoms with E-state index in [2.05, 4.69) is 5.32 Å². The number of carbonyl (C=O) groups excluding carboxylic acids is 3. The van der Waals surface area contributed by atoms with E-state index in [9.17, 15) is 14.4 Å². The van der Waals surface area contributed by atoms with Crippen LogP contribution in [0.15, 0.2) is 42.6 Å². The molecule has 0 radical (unpaired) electrons. The Morgan fingerprint density at radius 1 is 1.19 bits per heavy atom. The zero-order valence-corrected chi connectivity index (χ0v) is 18.2. The smallest absolute Gasteiger partial charge is 0.323 e. The maximum Gasteiger partial charge on any atom is 0.323 e. The lowest BCUT2D eigenvalue weighted by atomic mass is 10.0. The van der Waals surface area contributed by atoms with Crippen LogP contribution in [0.4, 0.5) is 15.3 Å². The largest absolute Gasteiger partial charge is 0.351 e. The van der Waals surface area contributed by atoms with Crippen molar-refractivity contribution >= 4 is 57.4 Å². The number of likely N-dealkylation sites (tertiary alicyclic amines) is 1. The molecule has 3 aromatic rings. The molecule has 0 aliphatic carbocycles. The van der Waals surface area contributed by atoms with Crippen molar-refractivity contribution in [1.29, 1.82) is 0 Å². The number of amides is 3. The SMILES string of the molecule is NC(=O)n1cc(NC(=O)N2C[C@@H](N)C[C@H]2C(=O)CCc2ccc(Cl)s2)c2ccccc21. The summed E-state index contributed by atoms with van der Waals surface area (Å²) in [6, 6.07) is 8.87. The van der Waals surface area contributed by atoms with Gasteiger partial charge in [-0.1, -0.05) is 29.8 Å². The molecular formula is C21H22ClN5O3S. The number of carbonyl (C=O) groups is 3. The monoisotopic (exact) mass is 459 g/mol. The molecule has 1 aliphatic rings. The Bertz CT molecular complexity index is 1160. The Hall–Kier alpha value is -2.88. The van der Waals surface area contributed by atoms with Gasteiger partial charge in [0.05, 0.1) is 21.6 Å².